The molecule has 6 heteroatoms. The van der Waals surface area contributed by atoms with Gasteiger partial charge in [0, 0.05) is 51.7 Å². The summed E-state index contributed by atoms with van der Waals surface area (Å²) in [5.74, 6) is 0.472. The number of likely N-dealkylation sites (N-methyl/N-ethyl adjacent to an activating group) is 1. The lowest BCUT2D eigenvalue weighted by molar-refractivity contribution is -0.138. The van der Waals surface area contributed by atoms with Gasteiger partial charge in [-0.15, -0.1) is 0 Å². The number of amides is 1. The van der Waals surface area contributed by atoms with Crippen LogP contribution in [0.15, 0.2) is 24.5 Å². The molecule has 0 aromatic carbocycles. The van der Waals surface area contributed by atoms with E-state index in [4.69, 9.17) is 4.74 Å². The minimum absolute atomic E-state index is 0.153. The Labute approximate surface area is 169 Å². The molecular weight excluding hydrogens is 352 g/mol. The Balaban J connectivity index is 1.47. The first kappa shape index (κ1) is 21.2. The molecule has 1 atom stereocenters. The van der Waals surface area contributed by atoms with Crippen LogP contribution < -0.4 is 0 Å². The third-order valence-electron chi connectivity index (χ3n) is 6.29. The van der Waals surface area contributed by atoms with Crippen LogP contribution in [0, 0.1) is 5.92 Å². The number of methoxy groups -OCH3 is 1. The quantitative estimate of drug-likeness (QED) is 0.684. The molecule has 0 saturated carbocycles. The van der Waals surface area contributed by atoms with Crippen molar-refractivity contribution in [3.63, 3.8) is 0 Å². The van der Waals surface area contributed by atoms with Crippen LogP contribution in [0.25, 0.3) is 0 Å². The van der Waals surface area contributed by atoms with Crippen LogP contribution in [0.1, 0.15) is 38.2 Å². The van der Waals surface area contributed by atoms with Crippen LogP contribution >= 0.6 is 0 Å². The van der Waals surface area contributed by atoms with E-state index in [1.165, 1.54) is 18.4 Å². The molecule has 0 bridgehead atoms. The van der Waals surface area contributed by atoms with Crippen LogP contribution in [0.5, 0.6) is 0 Å². The summed E-state index contributed by atoms with van der Waals surface area (Å²) < 4.78 is 5.17. The van der Waals surface area contributed by atoms with Gasteiger partial charge in [0.2, 0.25) is 5.91 Å². The van der Waals surface area contributed by atoms with E-state index >= 15 is 0 Å². The number of hydrogen-bond donors (Lipinski definition) is 0. The van der Waals surface area contributed by atoms with Crippen LogP contribution in [0.4, 0.5) is 0 Å². The standard InChI is InChI=1S/C22H36N4O2/c1-3-25(15-16-28-2)22(27)20-5-4-12-26(18-20)21-8-13-24(14-9-21)17-19-6-10-23-11-7-19/h6-7,10-11,20-21H,3-5,8-9,12-18H2,1-2H3. The van der Waals surface area contributed by atoms with Gasteiger partial charge in [0.25, 0.3) is 0 Å². The fourth-order valence-corrected chi connectivity index (χ4v) is 4.61. The minimum Gasteiger partial charge on any atom is -0.383 e. The second kappa shape index (κ2) is 10.9. The SMILES string of the molecule is CCN(CCOC)C(=O)C1CCCN(C2CCN(Cc3ccncc3)CC2)C1. The zero-order chi connectivity index (χ0) is 19.8. The maximum absolute atomic E-state index is 12.9. The average molecular weight is 389 g/mol. The number of aromatic nitrogens is 1. The van der Waals surface area contributed by atoms with Gasteiger partial charge >= 0.3 is 0 Å². The first-order valence-electron chi connectivity index (χ1n) is 10.8. The predicted octanol–water partition coefficient (Wildman–Crippen LogP) is 2.25. The van der Waals surface area contributed by atoms with Crippen LogP contribution in [-0.4, -0.2) is 84.6 Å². The Kier molecular flexibility index (Phi) is 8.25. The van der Waals surface area contributed by atoms with E-state index in [1.54, 1.807) is 7.11 Å². The molecule has 0 N–H and O–H groups in total. The lowest BCUT2D eigenvalue weighted by Gasteiger charge is -2.42. The smallest absolute Gasteiger partial charge is 0.227 e. The highest BCUT2D eigenvalue weighted by Crippen LogP contribution is 2.25. The molecule has 1 unspecified atom stereocenters. The number of rotatable bonds is 8. The Bertz CT molecular complexity index is 589. The Hall–Kier alpha value is -1.50. The number of carbonyl (C=O) groups excluding carboxylic acids is 1. The monoisotopic (exact) mass is 388 g/mol. The molecule has 1 aromatic heterocycles. The molecule has 1 aromatic rings. The number of piperidine rings is 2. The van der Waals surface area contributed by atoms with Crippen molar-refractivity contribution < 1.29 is 9.53 Å². The van der Waals surface area contributed by atoms with E-state index in [0.717, 1.165) is 52.1 Å². The summed E-state index contributed by atoms with van der Waals surface area (Å²) in [6.45, 7) is 9.51. The molecule has 6 nitrogen and oxygen atoms in total. The summed E-state index contributed by atoms with van der Waals surface area (Å²) >= 11 is 0. The van der Waals surface area contributed by atoms with Gasteiger partial charge in [0.15, 0.2) is 0 Å². The van der Waals surface area contributed by atoms with Crippen molar-refractivity contribution in [1.82, 2.24) is 19.7 Å². The molecule has 156 valence electrons. The first-order chi connectivity index (χ1) is 13.7. The topological polar surface area (TPSA) is 48.9 Å². The van der Waals surface area contributed by atoms with Gasteiger partial charge in [-0.1, -0.05) is 0 Å². The highest BCUT2D eigenvalue weighted by Gasteiger charge is 2.33. The molecule has 28 heavy (non-hydrogen) atoms. The molecule has 2 fully saturated rings. The molecular formula is C22H36N4O2. The Morgan fingerprint density at radius 3 is 2.64 bits per heavy atom. The number of hydrogen-bond acceptors (Lipinski definition) is 5. The zero-order valence-electron chi connectivity index (χ0n) is 17.6. The summed E-state index contributed by atoms with van der Waals surface area (Å²) in [5, 5.41) is 0. The Morgan fingerprint density at radius 2 is 1.96 bits per heavy atom. The predicted molar refractivity (Wildman–Crippen MR) is 111 cm³/mol. The maximum atomic E-state index is 12.9. The van der Waals surface area contributed by atoms with Crippen molar-refractivity contribution in [1.29, 1.82) is 0 Å². The summed E-state index contributed by atoms with van der Waals surface area (Å²) in [6.07, 6.45) is 8.31. The van der Waals surface area contributed by atoms with Gasteiger partial charge in [-0.3, -0.25) is 19.6 Å². The molecule has 3 heterocycles. The van der Waals surface area contributed by atoms with Gasteiger partial charge < -0.3 is 9.64 Å². The van der Waals surface area contributed by atoms with Crippen molar-refractivity contribution in [2.45, 2.75) is 45.2 Å². The lowest BCUT2D eigenvalue weighted by Crippen LogP contribution is -2.51. The molecule has 0 spiro atoms. The van der Waals surface area contributed by atoms with Gasteiger partial charge in [-0.05, 0) is 69.9 Å². The average Bonchev–Trinajstić information content (AvgIpc) is 2.75. The number of pyridine rings is 1. The number of carbonyl (C=O) groups is 1. The summed E-state index contributed by atoms with van der Waals surface area (Å²) in [5.41, 5.74) is 1.34. The number of likely N-dealkylation sites (tertiary alicyclic amines) is 2. The molecule has 2 aliphatic heterocycles. The number of nitrogens with zero attached hydrogens (tertiary/aromatic N) is 4. The normalized spacial score (nSPS) is 22.3. The van der Waals surface area contributed by atoms with Crippen molar-refractivity contribution in [2.24, 2.45) is 5.92 Å². The van der Waals surface area contributed by atoms with Crippen LogP contribution in [0.3, 0.4) is 0 Å². The third kappa shape index (κ3) is 5.75. The molecule has 2 saturated heterocycles. The third-order valence-corrected chi connectivity index (χ3v) is 6.29. The van der Waals surface area contributed by atoms with Crippen LogP contribution in [-0.2, 0) is 16.1 Å². The van der Waals surface area contributed by atoms with E-state index in [0.29, 0.717) is 25.1 Å². The van der Waals surface area contributed by atoms with Crippen molar-refractivity contribution >= 4 is 5.91 Å². The second-order valence-electron chi connectivity index (χ2n) is 8.11. The minimum atomic E-state index is 0.153. The lowest BCUT2D eigenvalue weighted by atomic mass is 9.92. The fraction of sp³-hybridized carbons (Fsp3) is 0.727. The molecule has 2 aliphatic rings. The second-order valence-corrected chi connectivity index (χ2v) is 8.11. The van der Waals surface area contributed by atoms with E-state index in [-0.39, 0.29) is 5.92 Å². The molecule has 1 amide bonds. The molecule has 0 aliphatic carbocycles. The van der Waals surface area contributed by atoms with Crippen molar-refractivity contribution in [3.8, 4) is 0 Å². The van der Waals surface area contributed by atoms with Gasteiger partial charge in [0.1, 0.15) is 0 Å². The summed E-state index contributed by atoms with van der Waals surface area (Å²) in [6, 6.07) is 4.84. The van der Waals surface area contributed by atoms with E-state index in [2.05, 4.69) is 33.8 Å². The first-order valence-corrected chi connectivity index (χ1v) is 10.8. The van der Waals surface area contributed by atoms with Gasteiger partial charge in [-0.25, -0.2) is 0 Å². The number of ether oxygens (including phenoxy) is 1. The molecule has 0 radical (unpaired) electrons. The summed E-state index contributed by atoms with van der Waals surface area (Å²) in [4.78, 5) is 24.2. The van der Waals surface area contributed by atoms with Gasteiger partial charge in [0.05, 0.1) is 12.5 Å². The van der Waals surface area contributed by atoms with Gasteiger partial charge in [-0.2, -0.15) is 0 Å². The zero-order valence-corrected chi connectivity index (χ0v) is 17.6. The van der Waals surface area contributed by atoms with E-state index < -0.39 is 0 Å². The van der Waals surface area contributed by atoms with E-state index in [9.17, 15) is 4.79 Å². The highest BCUT2D eigenvalue weighted by molar-refractivity contribution is 5.79. The highest BCUT2D eigenvalue weighted by atomic mass is 16.5. The van der Waals surface area contributed by atoms with Crippen molar-refractivity contribution in [3.05, 3.63) is 30.1 Å². The maximum Gasteiger partial charge on any atom is 0.227 e. The molecule has 3 rings (SSSR count). The summed E-state index contributed by atoms with van der Waals surface area (Å²) in [7, 11) is 1.70. The van der Waals surface area contributed by atoms with Crippen molar-refractivity contribution in [2.75, 3.05) is 53.0 Å². The van der Waals surface area contributed by atoms with Crippen LogP contribution in [0.2, 0.25) is 0 Å². The Morgan fingerprint density at radius 1 is 1.21 bits per heavy atom. The fourth-order valence-electron chi connectivity index (χ4n) is 4.61. The van der Waals surface area contributed by atoms with E-state index in [1.807, 2.05) is 17.3 Å². The largest absolute Gasteiger partial charge is 0.383 e.